The van der Waals surface area contributed by atoms with Crippen molar-refractivity contribution in [2.45, 2.75) is 24.9 Å². The first-order valence-electron chi connectivity index (χ1n) is 6.43. The summed E-state index contributed by atoms with van der Waals surface area (Å²) in [7, 11) is 0. The van der Waals surface area contributed by atoms with E-state index in [0.29, 0.717) is 6.42 Å². The fourth-order valence-corrected chi connectivity index (χ4v) is 2.20. The molecular formula is C15H20N2O. The Morgan fingerprint density at radius 3 is 2.67 bits per heavy atom. The lowest BCUT2D eigenvalue weighted by molar-refractivity contribution is 0.253. The Hall–Kier alpha value is -1.45. The number of hydrogen-bond acceptors (Lipinski definition) is 3. The zero-order valence-corrected chi connectivity index (χ0v) is 10.5. The van der Waals surface area contributed by atoms with Crippen LogP contribution in [0.2, 0.25) is 0 Å². The van der Waals surface area contributed by atoms with E-state index < -0.39 is 0 Å². The third-order valence-electron chi connectivity index (χ3n) is 3.28. The lowest BCUT2D eigenvalue weighted by Gasteiger charge is -2.23. The van der Waals surface area contributed by atoms with Crippen molar-refractivity contribution in [2.24, 2.45) is 4.99 Å². The van der Waals surface area contributed by atoms with Gasteiger partial charge >= 0.3 is 0 Å². The SMILES string of the molecule is OCCC1(CCNCc2ccccc2)C=CC=N1. The van der Waals surface area contributed by atoms with Crippen LogP contribution in [-0.2, 0) is 6.54 Å². The monoisotopic (exact) mass is 244 g/mol. The molecule has 2 N–H and O–H groups in total. The molecule has 96 valence electrons. The van der Waals surface area contributed by atoms with E-state index in [0.717, 1.165) is 19.5 Å². The smallest absolute Gasteiger partial charge is 0.0825 e. The predicted molar refractivity (Wildman–Crippen MR) is 74.8 cm³/mol. The lowest BCUT2D eigenvalue weighted by atomic mass is 9.93. The Balaban J connectivity index is 1.74. The molecule has 0 saturated carbocycles. The minimum atomic E-state index is -0.182. The van der Waals surface area contributed by atoms with E-state index in [1.165, 1.54) is 5.56 Å². The van der Waals surface area contributed by atoms with Gasteiger partial charge in [-0.15, -0.1) is 0 Å². The third kappa shape index (κ3) is 3.52. The van der Waals surface area contributed by atoms with Crippen molar-refractivity contribution >= 4 is 6.21 Å². The number of nitrogens with zero attached hydrogens (tertiary/aromatic N) is 1. The number of aliphatic hydroxyl groups excluding tert-OH is 1. The molecule has 3 heteroatoms. The molecule has 0 aromatic heterocycles. The number of aliphatic imine (C=N–C) groups is 1. The van der Waals surface area contributed by atoms with Crippen LogP contribution in [0.1, 0.15) is 18.4 Å². The van der Waals surface area contributed by atoms with Gasteiger partial charge in [-0.05, 0) is 31.0 Å². The summed E-state index contributed by atoms with van der Waals surface area (Å²) in [6.07, 6.45) is 7.51. The molecule has 1 aliphatic heterocycles. The van der Waals surface area contributed by atoms with Gasteiger partial charge in [0, 0.05) is 19.4 Å². The van der Waals surface area contributed by atoms with Crippen LogP contribution in [0.5, 0.6) is 0 Å². The van der Waals surface area contributed by atoms with Gasteiger partial charge in [0.05, 0.1) is 5.54 Å². The Bertz CT molecular complexity index is 400. The van der Waals surface area contributed by atoms with E-state index in [4.69, 9.17) is 5.11 Å². The van der Waals surface area contributed by atoms with Crippen molar-refractivity contribution in [1.29, 1.82) is 0 Å². The number of rotatable bonds is 7. The minimum Gasteiger partial charge on any atom is -0.396 e. The quantitative estimate of drug-likeness (QED) is 0.720. The molecule has 0 saturated heterocycles. The molecular weight excluding hydrogens is 224 g/mol. The molecule has 2 rings (SSSR count). The summed E-state index contributed by atoms with van der Waals surface area (Å²) in [5.74, 6) is 0. The highest BCUT2D eigenvalue weighted by Gasteiger charge is 2.26. The van der Waals surface area contributed by atoms with Crippen LogP contribution in [0.4, 0.5) is 0 Å². The molecule has 1 aliphatic rings. The fraction of sp³-hybridized carbons (Fsp3) is 0.400. The maximum atomic E-state index is 9.10. The Morgan fingerprint density at radius 2 is 2.00 bits per heavy atom. The van der Waals surface area contributed by atoms with Crippen molar-refractivity contribution in [3.05, 3.63) is 48.0 Å². The largest absolute Gasteiger partial charge is 0.396 e. The molecule has 18 heavy (non-hydrogen) atoms. The molecule has 0 fully saturated rings. The molecule has 1 aromatic rings. The van der Waals surface area contributed by atoms with Crippen LogP contribution < -0.4 is 5.32 Å². The first-order valence-corrected chi connectivity index (χ1v) is 6.43. The zero-order valence-electron chi connectivity index (χ0n) is 10.5. The topological polar surface area (TPSA) is 44.6 Å². The van der Waals surface area contributed by atoms with Gasteiger partial charge in [0.1, 0.15) is 0 Å². The van der Waals surface area contributed by atoms with Crippen LogP contribution in [0, 0.1) is 0 Å². The normalized spacial score (nSPS) is 21.6. The average molecular weight is 244 g/mol. The van der Waals surface area contributed by atoms with Gasteiger partial charge in [0.2, 0.25) is 0 Å². The molecule has 0 bridgehead atoms. The third-order valence-corrected chi connectivity index (χ3v) is 3.28. The highest BCUT2D eigenvalue weighted by Crippen LogP contribution is 2.24. The molecule has 1 unspecified atom stereocenters. The summed E-state index contributed by atoms with van der Waals surface area (Å²) in [6.45, 7) is 1.96. The minimum absolute atomic E-state index is 0.181. The van der Waals surface area contributed by atoms with Gasteiger partial charge < -0.3 is 10.4 Å². The molecule has 1 heterocycles. The standard InChI is InChI=1S/C15H20N2O/c18-12-9-15(7-4-10-17-15)8-11-16-13-14-5-2-1-3-6-14/h1-7,10,16,18H,8-9,11-13H2. The van der Waals surface area contributed by atoms with E-state index in [9.17, 15) is 0 Å². The molecule has 3 nitrogen and oxygen atoms in total. The molecule has 0 aliphatic carbocycles. The summed E-state index contributed by atoms with van der Waals surface area (Å²) in [6, 6.07) is 10.4. The second-order valence-corrected chi connectivity index (χ2v) is 4.63. The lowest BCUT2D eigenvalue weighted by Crippen LogP contribution is -2.29. The highest BCUT2D eigenvalue weighted by molar-refractivity contribution is 5.75. The summed E-state index contributed by atoms with van der Waals surface area (Å²) in [5, 5.41) is 12.5. The average Bonchev–Trinajstić information content (AvgIpc) is 2.86. The van der Waals surface area contributed by atoms with E-state index in [1.54, 1.807) is 0 Å². The summed E-state index contributed by atoms with van der Waals surface area (Å²) < 4.78 is 0. The second-order valence-electron chi connectivity index (χ2n) is 4.63. The van der Waals surface area contributed by atoms with Crippen molar-refractivity contribution in [3.8, 4) is 0 Å². The first-order chi connectivity index (χ1) is 8.85. The Kier molecular flexibility index (Phi) is 4.67. The first kappa shape index (κ1) is 13.0. The van der Waals surface area contributed by atoms with Gasteiger partial charge in [-0.1, -0.05) is 36.4 Å². The van der Waals surface area contributed by atoms with Crippen molar-refractivity contribution in [3.63, 3.8) is 0 Å². The molecule has 1 aromatic carbocycles. The number of nitrogens with one attached hydrogen (secondary N) is 1. The second kappa shape index (κ2) is 6.47. The molecule has 0 amide bonds. The van der Waals surface area contributed by atoms with Crippen LogP contribution in [0.15, 0.2) is 47.5 Å². The molecule has 1 atom stereocenters. The fourth-order valence-electron chi connectivity index (χ4n) is 2.20. The van der Waals surface area contributed by atoms with E-state index in [-0.39, 0.29) is 12.1 Å². The van der Waals surface area contributed by atoms with E-state index in [2.05, 4.69) is 28.5 Å². The molecule has 0 radical (unpaired) electrons. The van der Waals surface area contributed by atoms with Gasteiger partial charge in [-0.25, -0.2) is 0 Å². The van der Waals surface area contributed by atoms with Crippen LogP contribution in [0.25, 0.3) is 0 Å². The van der Waals surface area contributed by atoms with Crippen LogP contribution in [0.3, 0.4) is 0 Å². The Labute approximate surface area is 108 Å². The maximum absolute atomic E-state index is 9.10. The van der Waals surface area contributed by atoms with Gasteiger partial charge in [-0.3, -0.25) is 4.99 Å². The van der Waals surface area contributed by atoms with E-state index in [1.807, 2.05) is 30.5 Å². The van der Waals surface area contributed by atoms with Gasteiger partial charge in [0.25, 0.3) is 0 Å². The number of aliphatic hydroxyl groups is 1. The maximum Gasteiger partial charge on any atom is 0.0825 e. The van der Waals surface area contributed by atoms with Crippen LogP contribution in [-0.4, -0.2) is 30.0 Å². The van der Waals surface area contributed by atoms with Crippen LogP contribution >= 0.6 is 0 Å². The summed E-state index contributed by atoms with van der Waals surface area (Å²) >= 11 is 0. The van der Waals surface area contributed by atoms with Gasteiger partial charge in [-0.2, -0.15) is 0 Å². The predicted octanol–water partition coefficient (Wildman–Crippen LogP) is 1.93. The number of allylic oxidation sites excluding steroid dienone is 1. The van der Waals surface area contributed by atoms with Crippen molar-refractivity contribution < 1.29 is 5.11 Å². The summed E-state index contributed by atoms with van der Waals surface area (Å²) in [5.41, 5.74) is 1.11. The zero-order chi connectivity index (χ0) is 12.7. The van der Waals surface area contributed by atoms with Gasteiger partial charge in [0.15, 0.2) is 0 Å². The number of benzene rings is 1. The molecule has 0 spiro atoms. The Morgan fingerprint density at radius 1 is 1.17 bits per heavy atom. The van der Waals surface area contributed by atoms with Crippen molar-refractivity contribution in [1.82, 2.24) is 5.32 Å². The number of hydrogen-bond donors (Lipinski definition) is 2. The highest BCUT2D eigenvalue weighted by atomic mass is 16.3. The van der Waals surface area contributed by atoms with E-state index >= 15 is 0 Å². The summed E-state index contributed by atoms with van der Waals surface area (Å²) in [4.78, 5) is 4.47. The van der Waals surface area contributed by atoms with Crippen molar-refractivity contribution in [2.75, 3.05) is 13.2 Å².